The maximum Gasteiger partial charge on any atom is 0.622 e. The van der Waals surface area contributed by atoms with E-state index in [4.69, 9.17) is 5.26 Å². The van der Waals surface area contributed by atoms with Gasteiger partial charge in [-0.3, -0.25) is 4.79 Å². The molecule has 1 N–H and O–H groups in total. The molecule has 0 saturated carbocycles. The molecule has 0 aliphatic rings. The van der Waals surface area contributed by atoms with Crippen molar-refractivity contribution >= 4 is 13.8 Å². The predicted molar refractivity (Wildman–Crippen MR) is 110 cm³/mol. The Morgan fingerprint density at radius 1 is 1.00 bits per heavy atom. The van der Waals surface area contributed by atoms with Crippen molar-refractivity contribution in [2.24, 2.45) is 0 Å². The first-order valence-corrected chi connectivity index (χ1v) is 10.5. The van der Waals surface area contributed by atoms with Crippen LogP contribution < -0.4 is 0 Å². The lowest BCUT2D eigenvalue weighted by Gasteiger charge is -2.29. The normalized spacial score (nSPS) is 14.0. The molecule has 0 amide bonds. The molecule has 0 saturated heterocycles. The number of carbonyl (C=O) groups excluding carboxylic acids is 1. The Hall–Kier alpha value is -2.86. The van der Waals surface area contributed by atoms with Crippen LogP contribution in [0.5, 0.6) is 0 Å². The van der Waals surface area contributed by atoms with Gasteiger partial charge < -0.3 is 0 Å². The van der Waals surface area contributed by atoms with Gasteiger partial charge in [-0.25, -0.2) is 9.65 Å². The summed E-state index contributed by atoms with van der Waals surface area (Å²) in [6.45, 7) is 1.72. The minimum absolute atomic E-state index is 0.0378. The molecule has 2 atom stereocenters. The second-order valence-corrected chi connectivity index (χ2v) is 8.50. The number of ketones is 1. The van der Waals surface area contributed by atoms with Crippen molar-refractivity contribution in [3.05, 3.63) is 107 Å². The van der Waals surface area contributed by atoms with Crippen LogP contribution in [0.15, 0.2) is 78.9 Å². The molecule has 0 radical (unpaired) electrons. The number of alkyl halides is 2. The summed E-state index contributed by atoms with van der Waals surface area (Å²) in [5.74, 6) is -1.52. The summed E-state index contributed by atoms with van der Waals surface area (Å²) in [5, 5.41) is 8.30. The number of hydrogen-bond donors (Lipinski definition) is 1. The fourth-order valence-electron chi connectivity index (χ4n) is 3.50. The molecule has 3 aromatic rings. The summed E-state index contributed by atoms with van der Waals surface area (Å²) >= 11 is 0. The van der Waals surface area contributed by atoms with Gasteiger partial charge >= 0.3 is 13.7 Å². The highest BCUT2D eigenvalue weighted by atomic mass is 31.1. The van der Waals surface area contributed by atoms with Crippen LogP contribution in [0.2, 0.25) is 0 Å². The van der Waals surface area contributed by atoms with E-state index < -0.39 is 30.5 Å². The zero-order chi connectivity index (χ0) is 22.6. The second kappa shape index (κ2) is 9.10. The third-order valence-corrected chi connectivity index (χ3v) is 6.01. The average Bonchev–Trinajstić information content (AvgIpc) is 2.78. The van der Waals surface area contributed by atoms with Crippen molar-refractivity contribution in [3.8, 4) is 0 Å². The fraction of sp³-hybridized carbons (Fsp3) is 0.174. The first-order chi connectivity index (χ1) is 14.7. The zero-order valence-electron chi connectivity index (χ0n) is 16.5. The van der Waals surface area contributed by atoms with Crippen LogP contribution in [-0.2, 0) is 26.7 Å². The number of rotatable bonds is 8. The summed E-state index contributed by atoms with van der Waals surface area (Å²) in [6.07, 6.45) is 0.0378. The minimum Gasteiger partial charge on any atom is -0.293 e. The molecule has 0 aromatic heterocycles. The lowest BCUT2D eigenvalue weighted by atomic mass is 9.72. The second-order valence-electron chi connectivity index (χ2n) is 7.26. The SMILES string of the molecule is CC(Cc1ccc(C(F)(F)[P+](=O)OO)c(F)c1)(C(=O)c1ccccc1)c1ccccc1. The van der Waals surface area contributed by atoms with Crippen molar-refractivity contribution in [1.82, 2.24) is 0 Å². The largest absolute Gasteiger partial charge is 0.622 e. The first-order valence-electron chi connectivity index (χ1n) is 9.31. The summed E-state index contributed by atoms with van der Waals surface area (Å²) in [4.78, 5) is 13.4. The number of Topliss-reactive ketones (excluding diaryl/α,β-unsaturated/α-hetero) is 1. The van der Waals surface area contributed by atoms with E-state index in [9.17, 15) is 22.5 Å². The highest BCUT2D eigenvalue weighted by Crippen LogP contribution is 2.51. The molecule has 0 spiro atoms. The molecule has 2 unspecified atom stereocenters. The Kier molecular flexibility index (Phi) is 6.70. The first kappa shape index (κ1) is 22.8. The van der Waals surface area contributed by atoms with E-state index in [2.05, 4.69) is 4.67 Å². The lowest BCUT2D eigenvalue weighted by molar-refractivity contribution is -0.142. The molecule has 8 heteroatoms. The topological polar surface area (TPSA) is 63.6 Å². The van der Waals surface area contributed by atoms with Crippen LogP contribution in [0.4, 0.5) is 13.2 Å². The van der Waals surface area contributed by atoms with E-state index in [1.807, 2.05) is 0 Å². The standard InChI is InChI=1S/C23H18F3O4P/c1-22(18-10-6-3-7-11-18,21(27)17-8-4-2-5-9-17)15-16-12-13-19(20(24)14-16)23(25,26)31(29)30-28/h2-14H,15H2,1H3/p+1. The van der Waals surface area contributed by atoms with Gasteiger partial charge in [-0.15, -0.1) is 8.78 Å². The molecule has 160 valence electrons. The molecule has 0 heterocycles. The van der Waals surface area contributed by atoms with Crippen molar-refractivity contribution in [1.29, 1.82) is 0 Å². The molecule has 0 aliphatic heterocycles. The molecule has 0 bridgehead atoms. The molecule has 4 nitrogen and oxygen atoms in total. The van der Waals surface area contributed by atoms with E-state index in [1.165, 1.54) is 6.07 Å². The number of benzene rings is 3. The van der Waals surface area contributed by atoms with E-state index in [1.54, 1.807) is 67.6 Å². The lowest BCUT2D eigenvalue weighted by Crippen LogP contribution is -2.35. The van der Waals surface area contributed by atoms with Gasteiger partial charge in [0, 0.05) is 10.2 Å². The molecule has 0 aliphatic carbocycles. The van der Waals surface area contributed by atoms with Crippen LogP contribution in [-0.4, -0.2) is 11.0 Å². The van der Waals surface area contributed by atoms with E-state index in [0.29, 0.717) is 16.7 Å². The quantitative estimate of drug-likeness (QED) is 0.186. The van der Waals surface area contributed by atoms with Crippen LogP contribution in [0, 0.1) is 5.82 Å². The third kappa shape index (κ3) is 4.59. The highest BCUT2D eigenvalue weighted by Gasteiger charge is 2.58. The smallest absolute Gasteiger partial charge is 0.293 e. The van der Waals surface area contributed by atoms with Gasteiger partial charge in [0.25, 0.3) is 0 Å². The van der Waals surface area contributed by atoms with Crippen LogP contribution >= 0.6 is 8.03 Å². The Balaban J connectivity index is 2.02. The number of carbonyl (C=O) groups is 1. The van der Waals surface area contributed by atoms with E-state index in [-0.39, 0.29) is 12.2 Å². The van der Waals surface area contributed by atoms with Crippen molar-refractivity contribution in [2.45, 2.75) is 24.4 Å². The maximum absolute atomic E-state index is 14.5. The number of halogens is 3. The molecular formula is C23H19F3O4P+. The zero-order valence-corrected chi connectivity index (χ0v) is 17.4. The van der Waals surface area contributed by atoms with Crippen LogP contribution in [0.3, 0.4) is 0 Å². The number of hydrogen-bond acceptors (Lipinski definition) is 4. The van der Waals surface area contributed by atoms with Crippen LogP contribution in [0.25, 0.3) is 0 Å². The van der Waals surface area contributed by atoms with E-state index in [0.717, 1.165) is 12.1 Å². The van der Waals surface area contributed by atoms with Gasteiger partial charge in [0.05, 0.1) is 5.41 Å². The van der Waals surface area contributed by atoms with Crippen LogP contribution in [0.1, 0.15) is 34.0 Å². The van der Waals surface area contributed by atoms with Gasteiger partial charge in [0.2, 0.25) is 0 Å². The Bertz CT molecular complexity index is 1090. The van der Waals surface area contributed by atoms with E-state index >= 15 is 0 Å². The van der Waals surface area contributed by atoms with Gasteiger partial charge in [-0.1, -0.05) is 66.7 Å². The Morgan fingerprint density at radius 3 is 2.13 bits per heavy atom. The fourth-order valence-corrected chi connectivity index (χ4v) is 3.98. The molecule has 31 heavy (non-hydrogen) atoms. The monoisotopic (exact) mass is 447 g/mol. The molecule has 0 fully saturated rings. The Labute approximate surface area is 178 Å². The van der Waals surface area contributed by atoms with Crippen molar-refractivity contribution < 1.29 is 32.5 Å². The molecular weight excluding hydrogens is 428 g/mol. The molecule has 3 aromatic carbocycles. The third-order valence-electron chi connectivity index (χ3n) is 5.17. The average molecular weight is 447 g/mol. The molecule has 3 rings (SSSR count). The highest BCUT2D eigenvalue weighted by molar-refractivity contribution is 7.39. The Morgan fingerprint density at radius 2 is 1.58 bits per heavy atom. The van der Waals surface area contributed by atoms with Gasteiger partial charge in [0.15, 0.2) is 5.78 Å². The predicted octanol–water partition coefficient (Wildman–Crippen LogP) is 6.49. The minimum atomic E-state index is -4.21. The van der Waals surface area contributed by atoms with Gasteiger partial charge in [-0.2, -0.15) is 0 Å². The maximum atomic E-state index is 14.5. The van der Waals surface area contributed by atoms with Gasteiger partial charge in [-0.05, 0) is 41.2 Å². The summed E-state index contributed by atoms with van der Waals surface area (Å²) in [5.41, 5.74) is -5.02. The van der Waals surface area contributed by atoms with Crippen molar-refractivity contribution in [2.75, 3.05) is 0 Å². The summed E-state index contributed by atoms with van der Waals surface area (Å²) < 4.78 is 57.0. The summed E-state index contributed by atoms with van der Waals surface area (Å²) in [6, 6.07) is 20.4. The van der Waals surface area contributed by atoms with Gasteiger partial charge in [0.1, 0.15) is 11.4 Å². The summed E-state index contributed by atoms with van der Waals surface area (Å²) in [7, 11) is -3.85. The van der Waals surface area contributed by atoms with Crippen molar-refractivity contribution in [3.63, 3.8) is 0 Å².